The minimum absolute atomic E-state index is 0.0518. The summed E-state index contributed by atoms with van der Waals surface area (Å²) in [5, 5.41) is 17.0. The van der Waals surface area contributed by atoms with Gasteiger partial charge in [0.25, 0.3) is 0 Å². The molecule has 0 unspecified atom stereocenters. The van der Waals surface area contributed by atoms with Gasteiger partial charge in [0.1, 0.15) is 17.9 Å². The number of hydrogen-bond donors (Lipinski definition) is 1. The molecule has 0 aliphatic carbocycles. The van der Waals surface area contributed by atoms with Crippen LogP contribution in [0, 0.1) is 0 Å². The van der Waals surface area contributed by atoms with Crippen molar-refractivity contribution in [2.24, 2.45) is 5.16 Å². The summed E-state index contributed by atoms with van der Waals surface area (Å²) in [5.74, 6) is 0.630. The molecule has 2 heterocycles. The van der Waals surface area contributed by atoms with E-state index in [1.54, 1.807) is 17.0 Å². The second-order valence-corrected chi connectivity index (χ2v) is 12.5. The molecule has 2 aromatic heterocycles. The highest BCUT2D eigenvalue weighted by Crippen LogP contribution is 2.43. The van der Waals surface area contributed by atoms with Crippen molar-refractivity contribution < 1.29 is 14.7 Å². The summed E-state index contributed by atoms with van der Waals surface area (Å²) in [5.41, 5.74) is 4.25. The summed E-state index contributed by atoms with van der Waals surface area (Å²) < 4.78 is 7.39. The zero-order valence-electron chi connectivity index (χ0n) is 26.6. The van der Waals surface area contributed by atoms with Crippen molar-refractivity contribution in [2.45, 2.75) is 12.0 Å². The normalized spacial score (nSPS) is 11.6. The van der Waals surface area contributed by atoms with Gasteiger partial charge in [0.2, 0.25) is 5.88 Å². The fraction of sp³-hybridized carbons (Fsp3) is 0.0976. The molecular weight excluding hydrogens is 631 g/mol. The van der Waals surface area contributed by atoms with Gasteiger partial charge in [-0.2, -0.15) is 0 Å². The Bertz CT molecular complexity index is 2140. The number of hydrogen-bond acceptors (Lipinski definition) is 7. The summed E-state index contributed by atoms with van der Waals surface area (Å²) in [4.78, 5) is 24.1. The minimum atomic E-state index is -1.09. The first-order valence-corrected chi connectivity index (χ1v) is 16.8. The third-order valence-corrected chi connectivity index (χ3v) is 9.31. The standard InChI is InChI=1S/C41H33N3O4S/c45-39-38(27-30-20-22-36(23-21-30)47-24-25-48-43-29-31-26-32-12-10-11-19-37(32)42-28-31)49-40(46)44(39)41(33-13-4-1-5-14-33,34-15-6-2-7-16-34)35-17-8-3-9-18-35/h1-23,26,28-29,45H,24-25,27H2. The van der Waals surface area contributed by atoms with E-state index in [1.165, 1.54) is 0 Å². The SMILES string of the molecule is O=c1sc(Cc2ccc(OCCON=Cc3cnc4ccccc4c3)cc2)c(O)n1C(c1ccccc1)(c1ccccc1)c1ccccc1. The lowest BCUT2D eigenvalue weighted by Gasteiger charge is -2.37. The Hall–Kier alpha value is -5.99. The number of rotatable bonds is 12. The number of thiazole rings is 1. The lowest BCUT2D eigenvalue weighted by Crippen LogP contribution is -2.42. The highest BCUT2D eigenvalue weighted by Gasteiger charge is 2.42. The van der Waals surface area contributed by atoms with E-state index in [9.17, 15) is 9.90 Å². The predicted octanol–water partition coefficient (Wildman–Crippen LogP) is 8.02. The summed E-state index contributed by atoms with van der Waals surface area (Å²) in [6.45, 7) is 0.596. The van der Waals surface area contributed by atoms with Crippen molar-refractivity contribution in [1.82, 2.24) is 9.55 Å². The average molecular weight is 664 g/mol. The highest BCUT2D eigenvalue weighted by molar-refractivity contribution is 7.09. The van der Waals surface area contributed by atoms with Crippen LogP contribution in [0.2, 0.25) is 0 Å². The van der Waals surface area contributed by atoms with Crippen molar-refractivity contribution in [3.63, 3.8) is 0 Å². The molecule has 242 valence electrons. The van der Waals surface area contributed by atoms with Gasteiger partial charge in [-0.15, -0.1) is 0 Å². The van der Waals surface area contributed by atoms with E-state index in [0.29, 0.717) is 23.7 Å². The lowest BCUT2D eigenvalue weighted by molar-refractivity contribution is 0.108. The second kappa shape index (κ2) is 14.4. The Morgan fingerprint density at radius 1 is 0.755 bits per heavy atom. The number of aromatic hydroxyl groups is 1. The van der Waals surface area contributed by atoms with Crippen LogP contribution < -0.4 is 9.61 Å². The number of ether oxygens (including phenoxy) is 1. The molecule has 7 rings (SSSR count). The predicted molar refractivity (Wildman–Crippen MR) is 195 cm³/mol. The van der Waals surface area contributed by atoms with Crippen LogP contribution in [0.25, 0.3) is 10.9 Å². The van der Waals surface area contributed by atoms with Gasteiger partial charge in [0.05, 0.1) is 16.6 Å². The van der Waals surface area contributed by atoms with Crippen molar-refractivity contribution in [1.29, 1.82) is 0 Å². The van der Waals surface area contributed by atoms with E-state index in [2.05, 4.69) is 10.1 Å². The van der Waals surface area contributed by atoms with Crippen LogP contribution in [0.3, 0.4) is 0 Å². The molecule has 0 amide bonds. The number of aromatic nitrogens is 2. The van der Waals surface area contributed by atoms with Crippen molar-refractivity contribution in [2.75, 3.05) is 13.2 Å². The van der Waals surface area contributed by atoms with E-state index in [4.69, 9.17) is 9.57 Å². The molecule has 0 atom stereocenters. The van der Waals surface area contributed by atoms with Crippen LogP contribution in [0.4, 0.5) is 0 Å². The Balaban J connectivity index is 1.07. The van der Waals surface area contributed by atoms with Gasteiger partial charge in [-0.05, 0) is 46.5 Å². The van der Waals surface area contributed by atoms with Gasteiger partial charge in [-0.25, -0.2) is 0 Å². The minimum Gasteiger partial charge on any atom is -0.494 e. The fourth-order valence-electron chi connectivity index (χ4n) is 6.14. The molecule has 1 N–H and O–H groups in total. The average Bonchev–Trinajstić information content (AvgIpc) is 3.43. The van der Waals surface area contributed by atoms with Gasteiger partial charge >= 0.3 is 4.87 Å². The summed E-state index contributed by atoms with van der Waals surface area (Å²) in [6.07, 6.45) is 3.77. The molecule has 0 saturated heterocycles. The van der Waals surface area contributed by atoms with Crippen LogP contribution in [0.5, 0.6) is 11.6 Å². The van der Waals surface area contributed by atoms with E-state index in [0.717, 1.165) is 50.1 Å². The molecule has 0 fully saturated rings. The largest absolute Gasteiger partial charge is 0.494 e. The Kier molecular flexibility index (Phi) is 9.30. The van der Waals surface area contributed by atoms with Crippen LogP contribution >= 0.6 is 11.3 Å². The molecule has 0 aliphatic heterocycles. The molecule has 5 aromatic carbocycles. The van der Waals surface area contributed by atoms with E-state index in [1.807, 2.05) is 146 Å². The van der Waals surface area contributed by atoms with Crippen LogP contribution in [-0.2, 0) is 16.8 Å². The second-order valence-electron chi connectivity index (χ2n) is 11.5. The number of pyridine rings is 1. The van der Waals surface area contributed by atoms with Gasteiger partial charge in [-0.1, -0.05) is 138 Å². The maximum absolute atomic E-state index is 14.0. The van der Waals surface area contributed by atoms with Crippen molar-refractivity contribution in [3.8, 4) is 11.6 Å². The maximum Gasteiger partial charge on any atom is 0.311 e. The van der Waals surface area contributed by atoms with E-state index >= 15 is 0 Å². The Labute approximate surface area is 288 Å². The molecule has 0 spiro atoms. The topological polar surface area (TPSA) is 85.9 Å². The first-order chi connectivity index (χ1) is 24.1. The van der Waals surface area contributed by atoms with Crippen molar-refractivity contribution >= 4 is 28.5 Å². The molecule has 49 heavy (non-hydrogen) atoms. The van der Waals surface area contributed by atoms with Crippen LogP contribution in [0.1, 0.15) is 32.7 Å². The third kappa shape index (κ3) is 6.59. The lowest BCUT2D eigenvalue weighted by atomic mass is 9.76. The van der Waals surface area contributed by atoms with Crippen molar-refractivity contribution in [3.05, 3.63) is 194 Å². The highest BCUT2D eigenvalue weighted by atomic mass is 32.1. The number of para-hydroxylation sites is 1. The molecule has 7 nitrogen and oxygen atoms in total. The fourth-order valence-corrected chi connectivity index (χ4v) is 7.09. The molecular formula is C41H33N3O4S. The monoisotopic (exact) mass is 663 g/mol. The zero-order chi connectivity index (χ0) is 33.5. The smallest absolute Gasteiger partial charge is 0.311 e. The van der Waals surface area contributed by atoms with Crippen LogP contribution in [-0.4, -0.2) is 34.1 Å². The Morgan fingerprint density at radius 3 is 1.98 bits per heavy atom. The molecule has 7 aromatic rings. The quantitative estimate of drug-likeness (QED) is 0.0620. The van der Waals surface area contributed by atoms with Gasteiger partial charge in [-0.3, -0.25) is 14.3 Å². The number of nitrogens with zero attached hydrogens (tertiary/aromatic N) is 3. The first-order valence-electron chi connectivity index (χ1n) is 16.0. The summed E-state index contributed by atoms with van der Waals surface area (Å²) in [6, 6.07) is 47.1. The number of fused-ring (bicyclic) bond motifs is 1. The van der Waals surface area contributed by atoms with E-state index in [-0.39, 0.29) is 17.4 Å². The molecule has 0 saturated carbocycles. The van der Waals surface area contributed by atoms with Gasteiger partial charge in [0.15, 0.2) is 6.61 Å². The third-order valence-electron chi connectivity index (χ3n) is 8.38. The van der Waals surface area contributed by atoms with E-state index < -0.39 is 5.54 Å². The summed E-state index contributed by atoms with van der Waals surface area (Å²) >= 11 is 1.06. The molecule has 0 radical (unpaired) electrons. The molecule has 0 bridgehead atoms. The van der Waals surface area contributed by atoms with Gasteiger partial charge in [0, 0.05) is 23.6 Å². The number of oxime groups is 1. The maximum atomic E-state index is 14.0. The Morgan fingerprint density at radius 2 is 1.35 bits per heavy atom. The molecule has 8 heteroatoms. The first kappa shape index (κ1) is 31.6. The number of benzene rings is 5. The summed E-state index contributed by atoms with van der Waals surface area (Å²) in [7, 11) is 0. The van der Waals surface area contributed by atoms with Crippen LogP contribution in [0.15, 0.2) is 162 Å². The molecule has 0 aliphatic rings. The zero-order valence-corrected chi connectivity index (χ0v) is 27.4. The van der Waals surface area contributed by atoms with Gasteiger partial charge < -0.3 is 14.7 Å².